The second kappa shape index (κ2) is 8.34. The van der Waals surface area contributed by atoms with Gasteiger partial charge in [0, 0.05) is 5.56 Å². The summed E-state index contributed by atoms with van der Waals surface area (Å²) in [5.74, 6) is -1.38. The van der Waals surface area contributed by atoms with Crippen LogP contribution in [-0.4, -0.2) is 38.3 Å². The quantitative estimate of drug-likeness (QED) is 0.696. The monoisotopic (exact) mass is 426 g/mol. The molecule has 1 heterocycles. The molecule has 154 valence electrons. The van der Waals surface area contributed by atoms with Crippen LogP contribution in [0.5, 0.6) is 0 Å². The Morgan fingerprint density at radius 3 is 2.53 bits per heavy atom. The summed E-state index contributed by atoms with van der Waals surface area (Å²) in [6.07, 6.45) is -1.15. The molecule has 1 unspecified atom stereocenters. The van der Waals surface area contributed by atoms with Crippen LogP contribution in [0.15, 0.2) is 58.4 Å². The van der Waals surface area contributed by atoms with Gasteiger partial charge in [-0.15, -0.1) is 0 Å². The smallest absolute Gasteiger partial charge is 0.331 e. The number of esters is 1. The number of sulfonamides is 1. The van der Waals surface area contributed by atoms with E-state index in [-0.39, 0.29) is 16.3 Å². The standard InChI is InChI=1S/C20H18N4O5S/c1-12(22-18-15-8-4-6-10-17(15)30(27,28)24-18)20(26)29-13(2)19(25)23-16-9-5-3-7-14(16)11-21/h3-10,12-13H,1-2H3,(H,22,24)(H,23,25)/t12-,13?/m0/s1. The molecule has 0 radical (unpaired) electrons. The van der Waals surface area contributed by atoms with Crippen molar-refractivity contribution in [2.75, 3.05) is 5.32 Å². The maximum atomic E-state index is 12.4. The van der Waals surface area contributed by atoms with E-state index in [9.17, 15) is 18.0 Å². The number of hydrogen-bond donors (Lipinski definition) is 2. The van der Waals surface area contributed by atoms with E-state index in [4.69, 9.17) is 10.00 Å². The van der Waals surface area contributed by atoms with Crippen LogP contribution in [0, 0.1) is 11.3 Å². The molecular formula is C20H18N4O5S. The van der Waals surface area contributed by atoms with Crippen molar-refractivity contribution in [2.24, 2.45) is 4.99 Å². The molecule has 0 aromatic heterocycles. The molecule has 0 spiro atoms. The third kappa shape index (κ3) is 4.31. The predicted molar refractivity (Wildman–Crippen MR) is 108 cm³/mol. The molecule has 2 N–H and O–H groups in total. The molecule has 2 aromatic rings. The topological polar surface area (TPSA) is 138 Å². The van der Waals surface area contributed by atoms with Crippen molar-refractivity contribution >= 4 is 33.4 Å². The van der Waals surface area contributed by atoms with E-state index >= 15 is 0 Å². The molecule has 0 aliphatic carbocycles. The first-order valence-electron chi connectivity index (χ1n) is 8.93. The van der Waals surface area contributed by atoms with Crippen LogP contribution >= 0.6 is 0 Å². The lowest BCUT2D eigenvalue weighted by Gasteiger charge is -2.16. The molecule has 0 saturated heterocycles. The van der Waals surface area contributed by atoms with E-state index in [2.05, 4.69) is 15.0 Å². The zero-order valence-electron chi connectivity index (χ0n) is 16.1. The molecule has 30 heavy (non-hydrogen) atoms. The molecule has 2 atom stereocenters. The van der Waals surface area contributed by atoms with Crippen LogP contribution in [0.4, 0.5) is 5.69 Å². The Kier molecular flexibility index (Phi) is 5.84. The van der Waals surface area contributed by atoms with E-state index in [1.54, 1.807) is 42.5 Å². The highest BCUT2D eigenvalue weighted by atomic mass is 32.2. The largest absolute Gasteiger partial charge is 0.451 e. The molecule has 0 saturated carbocycles. The molecule has 10 heteroatoms. The number of carbonyl (C=O) groups is 2. The Morgan fingerprint density at radius 2 is 1.80 bits per heavy atom. The van der Waals surface area contributed by atoms with Gasteiger partial charge in [0.15, 0.2) is 6.10 Å². The number of nitriles is 1. The second-order valence-electron chi connectivity index (χ2n) is 6.48. The lowest BCUT2D eigenvalue weighted by molar-refractivity contribution is -0.153. The van der Waals surface area contributed by atoms with Crippen molar-refractivity contribution < 1.29 is 22.7 Å². The summed E-state index contributed by atoms with van der Waals surface area (Å²) in [6, 6.07) is 13.6. The highest BCUT2D eigenvalue weighted by Gasteiger charge is 2.31. The number of benzene rings is 2. The average molecular weight is 426 g/mol. The van der Waals surface area contributed by atoms with Crippen molar-refractivity contribution in [1.82, 2.24) is 4.72 Å². The number of carbonyl (C=O) groups excluding carboxylic acids is 2. The Balaban J connectivity index is 1.68. The normalized spacial score (nSPS) is 17.2. The average Bonchev–Trinajstić information content (AvgIpc) is 2.98. The molecule has 0 fully saturated rings. The number of amides is 1. The van der Waals surface area contributed by atoms with Crippen LogP contribution in [0.2, 0.25) is 0 Å². The van der Waals surface area contributed by atoms with Crippen molar-refractivity contribution in [1.29, 1.82) is 5.26 Å². The fourth-order valence-electron chi connectivity index (χ4n) is 2.73. The van der Waals surface area contributed by atoms with Crippen LogP contribution in [0.25, 0.3) is 0 Å². The summed E-state index contributed by atoms with van der Waals surface area (Å²) in [5.41, 5.74) is 0.936. The zero-order chi connectivity index (χ0) is 21.9. The van der Waals surface area contributed by atoms with Gasteiger partial charge in [-0.3, -0.25) is 14.5 Å². The minimum atomic E-state index is -3.73. The number of hydrogen-bond acceptors (Lipinski definition) is 7. The van der Waals surface area contributed by atoms with Gasteiger partial charge in [-0.05, 0) is 38.1 Å². The lowest BCUT2D eigenvalue weighted by atomic mass is 10.2. The number of aliphatic imine (C=N–C) groups is 1. The van der Waals surface area contributed by atoms with Crippen molar-refractivity contribution in [3.05, 3.63) is 59.7 Å². The summed E-state index contributed by atoms with van der Waals surface area (Å²) in [6.45, 7) is 2.82. The number of amidine groups is 1. The van der Waals surface area contributed by atoms with Crippen molar-refractivity contribution in [3.63, 3.8) is 0 Å². The number of nitrogens with one attached hydrogen (secondary N) is 2. The van der Waals surface area contributed by atoms with Crippen LogP contribution in [0.3, 0.4) is 0 Å². The van der Waals surface area contributed by atoms with Crippen LogP contribution < -0.4 is 10.0 Å². The number of rotatable bonds is 5. The highest BCUT2D eigenvalue weighted by molar-refractivity contribution is 7.90. The molecule has 1 amide bonds. The lowest BCUT2D eigenvalue weighted by Crippen LogP contribution is -2.34. The fraction of sp³-hybridized carbons (Fsp3) is 0.200. The maximum absolute atomic E-state index is 12.4. The Labute approximate surface area is 173 Å². The number of fused-ring (bicyclic) bond motifs is 1. The molecule has 0 bridgehead atoms. The predicted octanol–water partition coefficient (Wildman–Crippen LogP) is 1.56. The summed E-state index contributed by atoms with van der Waals surface area (Å²) in [4.78, 5) is 28.9. The highest BCUT2D eigenvalue weighted by Crippen LogP contribution is 2.22. The van der Waals surface area contributed by atoms with Crippen molar-refractivity contribution in [2.45, 2.75) is 30.9 Å². The maximum Gasteiger partial charge on any atom is 0.331 e. The first-order valence-corrected chi connectivity index (χ1v) is 10.4. The van der Waals surface area contributed by atoms with Gasteiger partial charge in [-0.2, -0.15) is 5.26 Å². The molecule has 9 nitrogen and oxygen atoms in total. The molecule has 3 rings (SSSR count). The van der Waals surface area contributed by atoms with Crippen LogP contribution in [-0.2, 0) is 24.3 Å². The van der Waals surface area contributed by atoms with Gasteiger partial charge in [0.2, 0.25) is 0 Å². The molecule has 1 aliphatic rings. The van der Waals surface area contributed by atoms with Gasteiger partial charge in [-0.1, -0.05) is 24.3 Å². The number of anilines is 1. The number of nitrogens with zero attached hydrogens (tertiary/aromatic N) is 2. The Hall–Kier alpha value is -3.71. The van der Waals surface area contributed by atoms with E-state index < -0.39 is 34.0 Å². The van der Waals surface area contributed by atoms with E-state index in [1.807, 2.05) is 6.07 Å². The van der Waals surface area contributed by atoms with E-state index in [0.717, 1.165) is 0 Å². The first-order chi connectivity index (χ1) is 14.2. The molecule has 1 aliphatic heterocycles. The summed E-state index contributed by atoms with van der Waals surface area (Å²) in [5, 5.41) is 11.6. The molecular weight excluding hydrogens is 408 g/mol. The van der Waals surface area contributed by atoms with Crippen molar-refractivity contribution in [3.8, 4) is 6.07 Å². The zero-order valence-corrected chi connectivity index (χ0v) is 16.9. The number of ether oxygens (including phenoxy) is 1. The number of para-hydroxylation sites is 1. The van der Waals surface area contributed by atoms with Gasteiger partial charge >= 0.3 is 5.97 Å². The summed E-state index contributed by atoms with van der Waals surface area (Å²) in [7, 11) is -3.73. The fourth-order valence-corrected chi connectivity index (χ4v) is 3.97. The van der Waals surface area contributed by atoms with E-state index in [1.165, 1.54) is 19.9 Å². The van der Waals surface area contributed by atoms with Gasteiger partial charge in [-0.25, -0.2) is 13.2 Å². The summed E-state index contributed by atoms with van der Waals surface area (Å²) >= 11 is 0. The third-order valence-corrected chi connectivity index (χ3v) is 5.69. The van der Waals surface area contributed by atoms with Gasteiger partial charge in [0.05, 0.1) is 16.1 Å². The SMILES string of the molecule is CC(OC(=O)[C@H](C)N=C1NS(=O)(=O)c2ccccc21)C(=O)Nc1ccccc1C#N. The second-order valence-corrected chi connectivity index (χ2v) is 8.13. The molecule has 2 aromatic carbocycles. The van der Waals surface area contributed by atoms with Gasteiger partial charge in [0.25, 0.3) is 15.9 Å². The summed E-state index contributed by atoms with van der Waals surface area (Å²) < 4.78 is 31.7. The van der Waals surface area contributed by atoms with E-state index in [0.29, 0.717) is 11.3 Å². The minimum absolute atomic E-state index is 0.0371. The van der Waals surface area contributed by atoms with Gasteiger partial charge < -0.3 is 10.1 Å². The third-order valence-electron chi connectivity index (χ3n) is 4.29. The first kappa shape index (κ1) is 21.0. The Bertz CT molecular complexity index is 1180. The Morgan fingerprint density at radius 1 is 1.13 bits per heavy atom. The minimum Gasteiger partial charge on any atom is -0.451 e. The van der Waals surface area contributed by atoms with Crippen LogP contribution in [0.1, 0.15) is 25.0 Å². The van der Waals surface area contributed by atoms with Gasteiger partial charge in [0.1, 0.15) is 17.9 Å².